The summed E-state index contributed by atoms with van der Waals surface area (Å²) >= 11 is 0. The molecule has 0 saturated carbocycles. The van der Waals surface area contributed by atoms with E-state index in [4.69, 9.17) is 0 Å². The Labute approximate surface area is 163 Å². The summed E-state index contributed by atoms with van der Waals surface area (Å²) in [6.45, 7) is 1.77. The van der Waals surface area contributed by atoms with Crippen LogP contribution >= 0.6 is 0 Å². The maximum atomic E-state index is 13.0. The molecule has 144 valence electrons. The third-order valence-electron chi connectivity index (χ3n) is 4.15. The van der Waals surface area contributed by atoms with Crippen LogP contribution in [0.15, 0.2) is 83.8 Å². The molecule has 3 rings (SSSR count). The van der Waals surface area contributed by atoms with Crippen molar-refractivity contribution in [3.8, 4) is 0 Å². The van der Waals surface area contributed by atoms with Crippen molar-refractivity contribution >= 4 is 21.6 Å². The average molecular weight is 398 g/mol. The summed E-state index contributed by atoms with van der Waals surface area (Å²) in [5.41, 5.74) is 1.39. The zero-order chi connectivity index (χ0) is 20.1. The summed E-state index contributed by atoms with van der Waals surface area (Å²) in [5.74, 6) is -0.778. The lowest BCUT2D eigenvalue weighted by molar-refractivity contribution is 0.0939. The Morgan fingerprint density at radius 1 is 0.929 bits per heavy atom. The van der Waals surface area contributed by atoms with E-state index in [0.717, 1.165) is 5.56 Å². The second-order valence-corrected chi connectivity index (χ2v) is 7.93. The van der Waals surface area contributed by atoms with Gasteiger partial charge in [0.1, 0.15) is 5.82 Å². The number of carbonyl (C=O) groups excluding carboxylic acids is 1. The molecule has 3 aromatic carbocycles. The van der Waals surface area contributed by atoms with Crippen LogP contribution in [0.5, 0.6) is 0 Å². The molecule has 0 saturated heterocycles. The molecule has 28 heavy (non-hydrogen) atoms. The standard InChI is InChI=1S/C21H19FN2O3S/c1-15(16-10-12-18(22)13-11-16)23-21(25)17-6-5-9-20(14-17)28(26,27)24-19-7-3-2-4-8-19/h2-15,24H,1H3,(H,23,25)/t15-/m1/s1. The molecule has 0 aliphatic rings. The van der Waals surface area contributed by atoms with E-state index in [1.165, 1.54) is 36.4 Å². The number of rotatable bonds is 6. The SMILES string of the molecule is C[C@@H](NC(=O)c1cccc(S(=O)(=O)Nc2ccccc2)c1)c1ccc(F)cc1. The van der Waals surface area contributed by atoms with E-state index >= 15 is 0 Å². The molecule has 3 aromatic rings. The molecule has 7 heteroatoms. The zero-order valence-corrected chi connectivity index (χ0v) is 15.9. The van der Waals surface area contributed by atoms with Crippen molar-refractivity contribution in [3.63, 3.8) is 0 Å². The Morgan fingerprint density at radius 2 is 1.61 bits per heavy atom. The van der Waals surface area contributed by atoms with Crippen molar-refractivity contribution < 1.29 is 17.6 Å². The first kappa shape index (κ1) is 19.6. The van der Waals surface area contributed by atoms with Crippen LogP contribution in [0.4, 0.5) is 10.1 Å². The van der Waals surface area contributed by atoms with Gasteiger partial charge >= 0.3 is 0 Å². The molecule has 0 aliphatic heterocycles. The monoisotopic (exact) mass is 398 g/mol. The molecule has 0 spiro atoms. The van der Waals surface area contributed by atoms with E-state index < -0.39 is 15.9 Å². The number of benzene rings is 3. The van der Waals surface area contributed by atoms with E-state index in [1.807, 2.05) is 0 Å². The van der Waals surface area contributed by atoms with Crippen LogP contribution in [-0.4, -0.2) is 14.3 Å². The van der Waals surface area contributed by atoms with E-state index in [2.05, 4.69) is 10.0 Å². The van der Waals surface area contributed by atoms with Gasteiger partial charge in [-0.05, 0) is 55.0 Å². The topological polar surface area (TPSA) is 75.3 Å². The molecule has 0 heterocycles. The molecule has 2 N–H and O–H groups in total. The molecule has 5 nitrogen and oxygen atoms in total. The average Bonchev–Trinajstić information content (AvgIpc) is 2.69. The van der Waals surface area contributed by atoms with E-state index in [1.54, 1.807) is 49.4 Å². The molecular weight excluding hydrogens is 379 g/mol. The summed E-state index contributed by atoms with van der Waals surface area (Å²) in [7, 11) is -3.83. The summed E-state index contributed by atoms with van der Waals surface area (Å²) in [5, 5.41) is 2.78. The highest BCUT2D eigenvalue weighted by Gasteiger charge is 2.17. The van der Waals surface area contributed by atoms with Gasteiger partial charge in [-0.2, -0.15) is 0 Å². The highest BCUT2D eigenvalue weighted by atomic mass is 32.2. The van der Waals surface area contributed by atoms with Crippen molar-refractivity contribution in [3.05, 3.63) is 95.8 Å². The van der Waals surface area contributed by atoms with Crippen LogP contribution in [0.25, 0.3) is 0 Å². The fourth-order valence-corrected chi connectivity index (χ4v) is 3.74. The van der Waals surface area contributed by atoms with Crippen LogP contribution < -0.4 is 10.0 Å². The van der Waals surface area contributed by atoms with E-state index in [-0.39, 0.29) is 22.3 Å². The molecular formula is C21H19FN2O3S. The third kappa shape index (κ3) is 4.75. The second-order valence-electron chi connectivity index (χ2n) is 6.25. The predicted octanol–water partition coefficient (Wildman–Crippen LogP) is 4.12. The lowest BCUT2D eigenvalue weighted by Crippen LogP contribution is -2.27. The minimum Gasteiger partial charge on any atom is -0.346 e. The zero-order valence-electron chi connectivity index (χ0n) is 15.1. The third-order valence-corrected chi connectivity index (χ3v) is 5.53. The molecule has 0 unspecified atom stereocenters. The van der Waals surface area contributed by atoms with Crippen LogP contribution in [0.1, 0.15) is 28.9 Å². The maximum Gasteiger partial charge on any atom is 0.261 e. The molecule has 1 amide bonds. The number of hydrogen-bond donors (Lipinski definition) is 2. The smallest absolute Gasteiger partial charge is 0.261 e. The quantitative estimate of drug-likeness (QED) is 0.656. The van der Waals surface area contributed by atoms with Gasteiger partial charge in [-0.15, -0.1) is 0 Å². The summed E-state index contributed by atoms with van der Waals surface area (Å²) in [6, 6.07) is 19.7. The molecule has 1 atom stereocenters. The van der Waals surface area contributed by atoms with Crippen LogP contribution in [0.2, 0.25) is 0 Å². The molecule has 0 fully saturated rings. The number of sulfonamides is 1. The van der Waals surface area contributed by atoms with Crippen LogP contribution in [0, 0.1) is 5.82 Å². The molecule has 0 aliphatic carbocycles. The molecule has 0 radical (unpaired) electrons. The lowest BCUT2D eigenvalue weighted by atomic mass is 10.1. The van der Waals surface area contributed by atoms with Gasteiger partial charge < -0.3 is 5.32 Å². The first-order chi connectivity index (χ1) is 13.3. The molecule has 0 aromatic heterocycles. The number of nitrogens with one attached hydrogen (secondary N) is 2. The summed E-state index contributed by atoms with van der Waals surface area (Å²) < 4.78 is 40.7. The fraction of sp³-hybridized carbons (Fsp3) is 0.0952. The Morgan fingerprint density at radius 3 is 2.29 bits per heavy atom. The maximum absolute atomic E-state index is 13.0. The van der Waals surface area contributed by atoms with Crippen molar-refractivity contribution in [2.45, 2.75) is 17.9 Å². The number of carbonyl (C=O) groups is 1. The highest BCUT2D eigenvalue weighted by molar-refractivity contribution is 7.92. The Kier molecular flexibility index (Phi) is 5.75. The molecule has 0 bridgehead atoms. The van der Waals surface area contributed by atoms with Crippen molar-refractivity contribution in [2.75, 3.05) is 4.72 Å². The van der Waals surface area contributed by atoms with Gasteiger partial charge in [0, 0.05) is 11.3 Å². The first-order valence-corrected chi connectivity index (χ1v) is 10.1. The minimum atomic E-state index is -3.83. The fourth-order valence-electron chi connectivity index (χ4n) is 2.64. The van der Waals surface area contributed by atoms with Crippen molar-refractivity contribution in [1.82, 2.24) is 5.32 Å². The highest BCUT2D eigenvalue weighted by Crippen LogP contribution is 2.18. The first-order valence-electron chi connectivity index (χ1n) is 8.59. The van der Waals surface area contributed by atoms with Gasteiger partial charge in [0.2, 0.25) is 0 Å². The minimum absolute atomic E-state index is 0.0153. The Balaban J connectivity index is 1.76. The van der Waals surface area contributed by atoms with Gasteiger partial charge in [-0.1, -0.05) is 36.4 Å². The number of halogens is 1. The van der Waals surface area contributed by atoms with Crippen molar-refractivity contribution in [1.29, 1.82) is 0 Å². The van der Waals surface area contributed by atoms with Crippen LogP contribution in [-0.2, 0) is 10.0 Å². The lowest BCUT2D eigenvalue weighted by Gasteiger charge is -2.15. The Hall–Kier alpha value is -3.19. The van der Waals surface area contributed by atoms with E-state index in [0.29, 0.717) is 5.69 Å². The van der Waals surface area contributed by atoms with Gasteiger partial charge in [-0.3, -0.25) is 9.52 Å². The number of para-hydroxylation sites is 1. The van der Waals surface area contributed by atoms with Gasteiger partial charge in [0.15, 0.2) is 0 Å². The normalized spacial score (nSPS) is 12.2. The summed E-state index contributed by atoms with van der Waals surface area (Å²) in [4.78, 5) is 12.5. The second kappa shape index (κ2) is 8.22. The van der Waals surface area contributed by atoms with Gasteiger partial charge in [0.05, 0.1) is 10.9 Å². The van der Waals surface area contributed by atoms with Gasteiger partial charge in [-0.25, -0.2) is 12.8 Å². The van der Waals surface area contributed by atoms with Gasteiger partial charge in [0.25, 0.3) is 15.9 Å². The summed E-state index contributed by atoms with van der Waals surface area (Å²) in [6.07, 6.45) is 0. The Bertz CT molecular complexity index is 1070. The van der Waals surface area contributed by atoms with E-state index in [9.17, 15) is 17.6 Å². The number of anilines is 1. The number of hydrogen-bond acceptors (Lipinski definition) is 3. The predicted molar refractivity (Wildman–Crippen MR) is 106 cm³/mol. The van der Waals surface area contributed by atoms with Crippen molar-refractivity contribution in [2.24, 2.45) is 0 Å². The number of amides is 1. The largest absolute Gasteiger partial charge is 0.346 e. The van der Waals surface area contributed by atoms with Crippen LogP contribution in [0.3, 0.4) is 0 Å².